The van der Waals surface area contributed by atoms with Gasteiger partial charge < -0.3 is 10.6 Å². The van der Waals surface area contributed by atoms with Crippen LogP contribution in [0.1, 0.15) is 22.7 Å². The Balaban J connectivity index is 1.82. The summed E-state index contributed by atoms with van der Waals surface area (Å²) in [5.41, 5.74) is 4.44. The molecule has 1 heterocycles. The summed E-state index contributed by atoms with van der Waals surface area (Å²) in [6.07, 6.45) is 3.48. The molecule has 3 nitrogen and oxygen atoms in total. The van der Waals surface area contributed by atoms with Crippen LogP contribution in [0.5, 0.6) is 0 Å². The molecule has 1 aromatic heterocycles. The maximum atomic E-state index is 5.49. The van der Waals surface area contributed by atoms with E-state index >= 15 is 0 Å². The van der Waals surface area contributed by atoms with Gasteiger partial charge in [0.15, 0.2) is 5.11 Å². The second kappa shape index (κ2) is 7.70. The first-order chi connectivity index (χ1) is 11.7. The molecule has 0 bridgehead atoms. The highest BCUT2D eigenvalue weighted by atomic mass is 32.1. The number of anilines is 1. The van der Waals surface area contributed by atoms with Crippen molar-refractivity contribution in [2.75, 3.05) is 5.32 Å². The van der Waals surface area contributed by atoms with Crippen LogP contribution in [0.3, 0.4) is 0 Å². The smallest absolute Gasteiger partial charge is 0.171 e. The van der Waals surface area contributed by atoms with Crippen LogP contribution in [0.25, 0.3) is 0 Å². The number of pyridine rings is 1. The number of aromatic nitrogens is 1. The summed E-state index contributed by atoms with van der Waals surface area (Å²) in [4.78, 5) is 4.09. The summed E-state index contributed by atoms with van der Waals surface area (Å²) < 4.78 is 0. The molecule has 0 amide bonds. The zero-order valence-electron chi connectivity index (χ0n) is 13.4. The molecule has 120 valence electrons. The number of aryl methyl sites for hydroxylation is 1. The molecule has 1 unspecified atom stereocenters. The Kier molecular flexibility index (Phi) is 5.18. The zero-order chi connectivity index (χ0) is 16.8. The van der Waals surface area contributed by atoms with Crippen LogP contribution >= 0.6 is 12.2 Å². The Morgan fingerprint density at radius 1 is 0.917 bits per heavy atom. The maximum absolute atomic E-state index is 5.49. The molecule has 0 saturated carbocycles. The largest absolute Gasteiger partial charge is 0.352 e. The quantitative estimate of drug-likeness (QED) is 0.691. The van der Waals surface area contributed by atoms with Gasteiger partial charge >= 0.3 is 0 Å². The van der Waals surface area contributed by atoms with E-state index in [0.717, 1.165) is 11.3 Å². The average Bonchev–Trinajstić information content (AvgIpc) is 2.62. The minimum atomic E-state index is -0.0107. The lowest BCUT2D eigenvalue weighted by atomic mass is 9.98. The van der Waals surface area contributed by atoms with Gasteiger partial charge in [-0.2, -0.15) is 0 Å². The SMILES string of the molecule is Cc1ccc(C(NC(=S)Nc2cccnc2)c2ccccc2)cc1. The van der Waals surface area contributed by atoms with Crippen molar-refractivity contribution < 1.29 is 0 Å². The van der Waals surface area contributed by atoms with E-state index in [-0.39, 0.29) is 6.04 Å². The van der Waals surface area contributed by atoms with Crippen LogP contribution in [-0.4, -0.2) is 10.1 Å². The Bertz CT molecular complexity index is 786. The number of benzene rings is 2. The van der Waals surface area contributed by atoms with Crippen LogP contribution < -0.4 is 10.6 Å². The number of hydrogen-bond acceptors (Lipinski definition) is 2. The Labute approximate surface area is 147 Å². The van der Waals surface area contributed by atoms with E-state index in [9.17, 15) is 0 Å². The summed E-state index contributed by atoms with van der Waals surface area (Å²) in [6.45, 7) is 2.09. The van der Waals surface area contributed by atoms with Crippen molar-refractivity contribution in [1.82, 2.24) is 10.3 Å². The van der Waals surface area contributed by atoms with Crippen molar-refractivity contribution in [2.45, 2.75) is 13.0 Å². The molecule has 0 radical (unpaired) electrons. The van der Waals surface area contributed by atoms with Gasteiger partial charge in [0.05, 0.1) is 17.9 Å². The van der Waals surface area contributed by atoms with E-state index in [0.29, 0.717) is 5.11 Å². The summed E-state index contributed by atoms with van der Waals surface area (Å²) in [6, 6.07) is 22.6. The fraction of sp³-hybridized carbons (Fsp3) is 0.100. The predicted molar refractivity (Wildman–Crippen MR) is 103 cm³/mol. The molecule has 0 aliphatic carbocycles. The van der Waals surface area contributed by atoms with E-state index in [2.05, 4.69) is 58.9 Å². The van der Waals surface area contributed by atoms with Gasteiger partial charge in [-0.3, -0.25) is 4.98 Å². The molecule has 3 aromatic rings. The van der Waals surface area contributed by atoms with Crippen molar-refractivity contribution in [3.05, 3.63) is 95.8 Å². The first kappa shape index (κ1) is 16.1. The predicted octanol–water partition coefficient (Wildman–Crippen LogP) is 4.47. The minimum Gasteiger partial charge on any atom is -0.352 e. The van der Waals surface area contributed by atoms with Gasteiger partial charge in [-0.1, -0.05) is 60.2 Å². The van der Waals surface area contributed by atoms with Gasteiger partial charge in [0.1, 0.15) is 0 Å². The van der Waals surface area contributed by atoms with Crippen LogP contribution in [0.2, 0.25) is 0 Å². The maximum Gasteiger partial charge on any atom is 0.171 e. The molecular formula is C20H19N3S. The Morgan fingerprint density at radius 3 is 2.29 bits per heavy atom. The molecule has 0 spiro atoms. The summed E-state index contributed by atoms with van der Waals surface area (Å²) in [5, 5.41) is 7.16. The number of rotatable bonds is 4. The molecule has 0 aliphatic heterocycles. The summed E-state index contributed by atoms with van der Waals surface area (Å²) >= 11 is 5.49. The molecule has 0 saturated heterocycles. The molecule has 0 fully saturated rings. The molecule has 24 heavy (non-hydrogen) atoms. The monoisotopic (exact) mass is 333 g/mol. The lowest BCUT2D eigenvalue weighted by Crippen LogP contribution is -2.33. The number of nitrogens with zero attached hydrogens (tertiary/aromatic N) is 1. The average molecular weight is 333 g/mol. The van der Waals surface area contributed by atoms with Gasteiger partial charge in [0.25, 0.3) is 0 Å². The third kappa shape index (κ3) is 4.18. The standard InChI is InChI=1S/C20H19N3S/c1-15-9-11-17(12-10-15)19(16-6-3-2-4-7-16)23-20(24)22-18-8-5-13-21-14-18/h2-14,19H,1H3,(H2,22,23,24). The van der Waals surface area contributed by atoms with Crippen molar-refractivity contribution in [1.29, 1.82) is 0 Å². The third-order valence-electron chi connectivity index (χ3n) is 3.74. The molecular weight excluding hydrogens is 314 g/mol. The highest BCUT2D eigenvalue weighted by molar-refractivity contribution is 7.80. The normalized spacial score (nSPS) is 11.5. The third-order valence-corrected chi connectivity index (χ3v) is 3.96. The van der Waals surface area contributed by atoms with Crippen LogP contribution in [0, 0.1) is 6.92 Å². The van der Waals surface area contributed by atoms with E-state index in [4.69, 9.17) is 12.2 Å². The minimum absolute atomic E-state index is 0.0107. The Hall–Kier alpha value is -2.72. The molecule has 2 aromatic carbocycles. The Morgan fingerprint density at radius 2 is 1.62 bits per heavy atom. The summed E-state index contributed by atoms with van der Waals surface area (Å²) in [5.74, 6) is 0. The van der Waals surface area contributed by atoms with E-state index < -0.39 is 0 Å². The van der Waals surface area contributed by atoms with Gasteiger partial charge in [-0.05, 0) is 42.4 Å². The van der Waals surface area contributed by atoms with Crippen molar-refractivity contribution in [3.8, 4) is 0 Å². The topological polar surface area (TPSA) is 37.0 Å². The molecule has 1 atom stereocenters. The van der Waals surface area contributed by atoms with E-state index in [1.807, 2.05) is 30.3 Å². The molecule has 4 heteroatoms. The van der Waals surface area contributed by atoms with Crippen molar-refractivity contribution in [3.63, 3.8) is 0 Å². The highest BCUT2D eigenvalue weighted by Crippen LogP contribution is 2.22. The number of nitrogens with one attached hydrogen (secondary N) is 2. The zero-order valence-corrected chi connectivity index (χ0v) is 14.3. The van der Waals surface area contributed by atoms with Crippen LogP contribution in [0.4, 0.5) is 5.69 Å². The van der Waals surface area contributed by atoms with Crippen LogP contribution in [0.15, 0.2) is 79.1 Å². The fourth-order valence-corrected chi connectivity index (χ4v) is 2.73. The fourth-order valence-electron chi connectivity index (χ4n) is 2.50. The second-order valence-corrected chi connectivity index (χ2v) is 6.00. The summed E-state index contributed by atoms with van der Waals surface area (Å²) in [7, 11) is 0. The molecule has 3 rings (SSSR count). The van der Waals surface area contributed by atoms with Crippen molar-refractivity contribution in [2.24, 2.45) is 0 Å². The number of thiocarbonyl (C=S) groups is 1. The van der Waals surface area contributed by atoms with Crippen LogP contribution in [-0.2, 0) is 0 Å². The first-order valence-corrected chi connectivity index (χ1v) is 8.22. The van der Waals surface area contributed by atoms with E-state index in [1.165, 1.54) is 11.1 Å². The van der Waals surface area contributed by atoms with Crippen molar-refractivity contribution >= 4 is 23.0 Å². The van der Waals surface area contributed by atoms with Gasteiger partial charge in [0.2, 0.25) is 0 Å². The van der Waals surface area contributed by atoms with Gasteiger partial charge in [0, 0.05) is 6.20 Å². The lowest BCUT2D eigenvalue weighted by molar-refractivity contribution is 0.768. The van der Waals surface area contributed by atoms with E-state index in [1.54, 1.807) is 12.4 Å². The number of hydrogen-bond donors (Lipinski definition) is 2. The molecule has 0 aliphatic rings. The molecule has 2 N–H and O–H groups in total. The first-order valence-electron chi connectivity index (χ1n) is 7.81. The second-order valence-electron chi connectivity index (χ2n) is 5.59. The highest BCUT2D eigenvalue weighted by Gasteiger charge is 2.15. The lowest BCUT2D eigenvalue weighted by Gasteiger charge is -2.22. The van der Waals surface area contributed by atoms with Gasteiger partial charge in [-0.15, -0.1) is 0 Å². The van der Waals surface area contributed by atoms with Gasteiger partial charge in [-0.25, -0.2) is 0 Å².